The van der Waals surface area contributed by atoms with Gasteiger partial charge < -0.3 is 15.6 Å². The Bertz CT molecular complexity index is 639. The molecule has 5 heteroatoms. The van der Waals surface area contributed by atoms with Crippen molar-refractivity contribution in [2.45, 2.75) is 78.3 Å². The van der Waals surface area contributed by atoms with E-state index in [-0.39, 0.29) is 5.54 Å². The van der Waals surface area contributed by atoms with E-state index in [1.165, 1.54) is 19.3 Å². The standard InChI is InChI=1S/C19H33N5/c1-5-6-7-10-15-13-16-17(18(20)23-15)21-14-24(16)12-9-8-11-22-19(2,3)4/h13-14,22H,5-12H2,1-4H3,(H2,20,23). The summed E-state index contributed by atoms with van der Waals surface area (Å²) in [6.07, 6.45) is 8.80. The largest absolute Gasteiger partial charge is 0.382 e. The lowest BCUT2D eigenvalue weighted by molar-refractivity contribution is 0.414. The normalized spacial score (nSPS) is 12.2. The minimum absolute atomic E-state index is 0.190. The van der Waals surface area contributed by atoms with Crippen molar-refractivity contribution in [1.29, 1.82) is 0 Å². The van der Waals surface area contributed by atoms with Gasteiger partial charge in [-0.05, 0) is 59.1 Å². The second-order valence-electron chi connectivity index (χ2n) is 7.65. The van der Waals surface area contributed by atoms with E-state index in [4.69, 9.17) is 5.73 Å². The highest BCUT2D eigenvalue weighted by molar-refractivity contribution is 5.85. The summed E-state index contributed by atoms with van der Waals surface area (Å²) in [7, 11) is 0. The maximum Gasteiger partial charge on any atom is 0.151 e. The average Bonchev–Trinajstić information content (AvgIpc) is 2.90. The molecule has 3 N–H and O–H groups in total. The van der Waals surface area contributed by atoms with Crippen molar-refractivity contribution in [3.63, 3.8) is 0 Å². The van der Waals surface area contributed by atoms with Crippen molar-refractivity contribution in [3.8, 4) is 0 Å². The number of nitrogens with one attached hydrogen (secondary N) is 1. The molecule has 2 rings (SSSR count). The third-order valence-corrected chi connectivity index (χ3v) is 4.21. The molecule has 0 bridgehead atoms. The maximum absolute atomic E-state index is 6.10. The van der Waals surface area contributed by atoms with Crippen LogP contribution in [0.5, 0.6) is 0 Å². The first kappa shape index (κ1) is 18.7. The lowest BCUT2D eigenvalue weighted by Crippen LogP contribution is -2.36. The Labute approximate surface area is 146 Å². The fourth-order valence-electron chi connectivity index (χ4n) is 2.87. The molecule has 5 nitrogen and oxygen atoms in total. The number of nitrogen functional groups attached to an aromatic ring is 1. The van der Waals surface area contributed by atoms with Crippen molar-refractivity contribution in [2.75, 3.05) is 12.3 Å². The summed E-state index contributed by atoms with van der Waals surface area (Å²) in [4.78, 5) is 8.97. The van der Waals surface area contributed by atoms with Crippen LogP contribution in [0.2, 0.25) is 0 Å². The van der Waals surface area contributed by atoms with Gasteiger partial charge in [0.15, 0.2) is 5.82 Å². The molecule has 2 aromatic rings. The van der Waals surface area contributed by atoms with Crippen LogP contribution in [0.25, 0.3) is 11.0 Å². The molecule has 0 atom stereocenters. The zero-order chi connectivity index (χ0) is 17.6. The Morgan fingerprint density at radius 1 is 1.17 bits per heavy atom. The smallest absolute Gasteiger partial charge is 0.151 e. The molecular weight excluding hydrogens is 298 g/mol. The zero-order valence-electron chi connectivity index (χ0n) is 15.7. The van der Waals surface area contributed by atoms with Gasteiger partial charge in [0.2, 0.25) is 0 Å². The van der Waals surface area contributed by atoms with E-state index in [0.717, 1.165) is 49.1 Å². The molecule has 0 saturated carbocycles. The van der Waals surface area contributed by atoms with Gasteiger partial charge in [0.05, 0.1) is 11.8 Å². The Morgan fingerprint density at radius 2 is 1.96 bits per heavy atom. The first-order chi connectivity index (χ1) is 11.4. The van der Waals surface area contributed by atoms with Gasteiger partial charge in [-0.1, -0.05) is 19.8 Å². The lowest BCUT2D eigenvalue weighted by atomic mass is 10.1. The number of aromatic nitrogens is 3. The number of aryl methyl sites for hydroxylation is 2. The molecule has 0 aliphatic rings. The molecule has 0 aliphatic heterocycles. The highest BCUT2D eigenvalue weighted by Crippen LogP contribution is 2.20. The molecule has 2 heterocycles. The number of imidazole rings is 1. The van der Waals surface area contributed by atoms with Gasteiger partial charge in [-0.15, -0.1) is 0 Å². The number of hydrogen-bond donors (Lipinski definition) is 2. The van der Waals surface area contributed by atoms with Gasteiger partial charge >= 0.3 is 0 Å². The Morgan fingerprint density at radius 3 is 2.67 bits per heavy atom. The molecular formula is C19H33N5. The van der Waals surface area contributed by atoms with Crippen LogP contribution in [0.3, 0.4) is 0 Å². The summed E-state index contributed by atoms with van der Waals surface area (Å²) in [5.74, 6) is 0.562. The Balaban J connectivity index is 1.97. The molecule has 0 radical (unpaired) electrons. The van der Waals surface area contributed by atoms with Crippen LogP contribution in [0.15, 0.2) is 12.4 Å². The summed E-state index contributed by atoms with van der Waals surface area (Å²) >= 11 is 0. The number of hydrogen-bond acceptors (Lipinski definition) is 4. The predicted molar refractivity (Wildman–Crippen MR) is 102 cm³/mol. The summed E-state index contributed by atoms with van der Waals surface area (Å²) in [5.41, 5.74) is 9.34. The topological polar surface area (TPSA) is 68.8 Å². The molecule has 0 unspecified atom stereocenters. The van der Waals surface area contributed by atoms with Gasteiger partial charge in [0.25, 0.3) is 0 Å². The first-order valence-corrected chi connectivity index (χ1v) is 9.26. The number of nitrogens with zero attached hydrogens (tertiary/aromatic N) is 3. The van der Waals surface area contributed by atoms with Crippen LogP contribution in [-0.2, 0) is 13.0 Å². The van der Waals surface area contributed by atoms with Crippen molar-refractivity contribution in [1.82, 2.24) is 19.9 Å². The second-order valence-corrected chi connectivity index (χ2v) is 7.65. The summed E-state index contributed by atoms with van der Waals surface area (Å²) < 4.78 is 2.22. The second kappa shape index (κ2) is 8.47. The molecule has 0 spiro atoms. The van der Waals surface area contributed by atoms with E-state index >= 15 is 0 Å². The van der Waals surface area contributed by atoms with E-state index in [0.29, 0.717) is 5.82 Å². The number of anilines is 1. The minimum atomic E-state index is 0.190. The third-order valence-electron chi connectivity index (χ3n) is 4.21. The monoisotopic (exact) mass is 331 g/mol. The SMILES string of the molecule is CCCCCc1cc2c(ncn2CCCCNC(C)(C)C)c(N)n1. The number of unbranched alkanes of at least 4 members (excludes halogenated alkanes) is 3. The predicted octanol–water partition coefficient (Wildman–Crippen LogP) is 3.91. The fourth-order valence-corrected chi connectivity index (χ4v) is 2.87. The van der Waals surface area contributed by atoms with E-state index in [1.807, 2.05) is 6.33 Å². The van der Waals surface area contributed by atoms with Crippen LogP contribution in [-0.4, -0.2) is 26.6 Å². The fraction of sp³-hybridized carbons (Fsp3) is 0.684. The first-order valence-electron chi connectivity index (χ1n) is 9.26. The Hall–Kier alpha value is -1.62. The van der Waals surface area contributed by atoms with Crippen LogP contribution < -0.4 is 11.1 Å². The third kappa shape index (κ3) is 5.48. The molecule has 134 valence electrons. The van der Waals surface area contributed by atoms with Crippen LogP contribution in [0, 0.1) is 0 Å². The molecule has 24 heavy (non-hydrogen) atoms. The van der Waals surface area contributed by atoms with Gasteiger partial charge in [-0.2, -0.15) is 0 Å². The summed E-state index contributed by atoms with van der Waals surface area (Å²) in [5, 5.41) is 3.53. The average molecular weight is 332 g/mol. The molecule has 0 saturated heterocycles. The molecule has 0 aromatic carbocycles. The molecule has 0 aliphatic carbocycles. The number of fused-ring (bicyclic) bond motifs is 1. The van der Waals surface area contributed by atoms with Gasteiger partial charge in [0.1, 0.15) is 5.52 Å². The quantitative estimate of drug-likeness (QED) is 0.683. The highest BCUT2D eigenvalue weighted by atomic mass is 15.1. The van der Waals surface area contributed by atoms with Crippen molar-refractivity contribution < 1.29 is 0 Å². The van der Waals surface area contributed by atoms with E-state index < -0.39 is 0 Å². The summed E-state index contributed by atoms with van der Waals surface area (Å²) in [6.45, 7) is 10.8. The van der Waals surface area contributed by atoms with Crippen LogP contribution >= 0.6 is 0 Å². The lowest BCUT2D eigenvalue weighted by Gasteiger charge is -2.20. The zero-order valence-corrected chi connectivity index (χ0v) is 15.7. The van der Waals surface area contributed by atoms with E-state index in [2.05, 4.69) is 53.6 Å². The van der Waals surface area contributed by atoms with Crippen molar-refractivity contribution in [2.24, 2.45) is 0 Å². The maximum atomic E-state index is 6.10. The Kier molecular flexibility index (Phi) is 6.60. The van der Waals surface area contributed by atoms with Crippen LogP contribution in [0.1, 0.15) is 65.5 Å². The van der Waals surface area contributed by atoms with Gasteiger partial charge in [-0.3, -0.25) is 0 Å². The van der Waals surface area contributed by atoms with Crippen LogP contribution in [0.4, 0.5) is 5.82 Å². The highest BCUT2D eigenvalue weighted by Gasteiger charge is 2.10. The minimum Gasteiger partial charge on any atom is -0.382 e. The van der Waals surface area contributed by atoms with Crippen molar-refractivity contribution >= 4 is 16.9 Å². The number of nitrogens with two attached hydrogens (primary N) is 1. The molecule has 2 aromatic heterocycles. The molecule has 0 fully saturated rings. The summed E-state index contributed by atoms with van der Waals surface area (Å²) in [6, 6.07) is 2.17. The van der Waals surface area contributed by atoms with E-state index in [1.54, 1.807) is 0 Å². The van der Waals surface area contributed by atoms with E-state index in [9.17, 15) is 0 Å². The number of rotatable bonds is 9. The number of pyridine rings is 1. The van der Waals surface area contributed by atoms with Crippen molar-refractivity contribution in [3.05, 3.63) is 18.1 Å². The van der Waals surface area contributed by atoms with Gasteiger partial charge in [0, 0.05) is 17.8 Å². The molecule has 0 amide bonds. The van der Waals surface area contributed by atoms with Gasteiger partial charge in [-0.25, -0.2) is 9.97 Å².